The lowest BCUT2D eigenvalue weighted by Crippen LogP contribution is -1.95. The number of nitrogens with one attached hydrogen (secondary N) is 1. The highest BCUT2D eigenvalue weighted by atomic mass is 32.2. The van der Waals surface area contributed by atoms with E-state index in [1.807, 2.05) is 25.3 Å². The minimum Gasteiger partial charge on any atom is -0.493 e. The van der Waals surface area contributed by atoms with Crippen LogP contribution in [0.5, 0.6) is 5.75 Å². The third kappa shape index (κ3) is 2.34. The van der Waals surface area contributed by atoms with E-state index in [0.29, 0.717) is 12.3 Å². The van der Waals surface area contributed by atoms with Gasteiger partial charge in [-0.05, 0) is 31.4 Å². The van der Waals surface area contributed by atoms with Crippen molar-refractivity contribution < 1.29 is 4.74 Å². The van der Waals surface area contributed by atoms with Gasteiger partial charge in [0.2, 0.25) is 0 Å². The molecule has 0 radical (unpaired) electrons. The van der Waals surface area contributed by atoms with Crippen molar-refractivity contribution in [2.24, 2.45) is 0 Å². The molecule has 0 saturated heterocycles. The van der Waals surface area contributed by atoms with Crippen molar-refractivity contribution in [1.29, 1.82) is 0 Å². The van der Waals surface area contributed by atoms with Gasteiger partial charge in [0.05, 0.1) is 18.4 Å². The molecule has 0 aliphatic carbocycles. The first-order valence-electron chi connectivity index (χ1n) is 6.28. The number of aromatic nitrogens is 4. The van der Waals surface area contributed by atoms with Crippen LogP contribution < -0.4 is 4.74 Å². The van der Waals surface area contributed by atoms with Crippen LogP contribution in [0, 0.1) is 0 Å². The average molecular weight is 286 g/mol. The predicted octanol–water partition coefficient (Wildman–Crippen LogP) is 3.14. The third-order valence-electron chi connectivity index (χ3n) is 2.91. The molecular formula is C14H14N4OS. The Morgan fingerprint density at radius 1 is 1.35 bits per heavy atom. The van der Waals surface area contributed by atoms with E-state index in [1.165, 1.54) is 6.33 Å². The topological polar surface area (TPSA) is 63.7 Å². The van der Waals surface area contributed by atoms with Gasteiger partial charge in [-0.1, -0.05) is 0 Å². The third-order valence-corrected chi connectivity index (χ3v) is 3.63. The molecule has 0 bridgehead atoms. The number of rotatable bonds is 4. The van der Waals surface area contributed by atoms with E-state index >= 15 is 0 Å². The second-order valence-electron chi connectivity index (χ2n) is 4.14. The van der Waals surface area contributed by atoms with E-state index in [-0.39, 0.29) is 0 Å². The minimum absolute atomic E-state index is 0.616. The second kappa shape index (κ2) is 5.50. The summed E-state index contributed by atoms with van der Waals surface area (Å²) in [6.45, 7) is 2.59. The van der Waals surface area contributed by atoms with Crippen LogP contribution in [0.4, 0.5) is 0 Å². The Kier molecular flexibility index (Phi) is 3.56. The van der Waals surface area contributed by atoms with Crippen molar-refractivity contribution in [2.45, 2.75) is 11.8 Å². The quantitative estimate of drug-likeness (QED) is 0.746. The largest absolute Gasteiger partial charge is 0.493 e. The van der Waals surface area contributed by atoms with Crippen LogP contribution in [0.1, 0.15) is 6.92 Å². The van der Waals surface area contributed by atoms with Gasteiger partial charge in [-0.15, -0.1) is 11.8 Å². The Hall–Kier alpha value is -2.08. The second-order valence-corrected chi connectivity index (χ2v) is 5.02. The van der Waals surface area contributed by atoms with Crippen LogP contribution in [0.25, 0.3) is 22.6 Å². The van der Waals surface area contributed by atoms with Crippen LogP contribution in [-0.2, 0) is 0 Å². The van der Waals surface area contributed by atoms with E-state index < -0.39 is 0 Å². The van der Waals surface area contributed by atoms with E-state index in [0.717, 1.165) is 27.5 Å². The highest BCUT2D eigenvalue weighted by Gasteiger charge is 2.12. The molecule has 3 rings (SSSR count). The van der Waals surface area contributed by atoms with Gasteiger partial charge in [0.1, 0.15) is 23.4 Å². The number of ether oxygens (including phenoxy) is 1. The number of imidazole rings is 1. The van der Waals surface area contributed by atoms with Gasteiger partial charge in [-0.25, -0.2) is 15.0 Å². The number of H-pyrrole nitrogens is 1. The van der Waals surface area contributed by atoms with Gasteiger partial charge in [0.25, 0.3) is 0 Å². The molecule has 20 heavy (non-hydrogen) atoms. The molecule has 6 heteroatoms. The van der Waals surface area contributed by atoms with Crippen molar-refractivity contribution >= 4 is 22.9 Å². The normalized spacial score (nSPS) is 10.9. The number of hydrogen-bond donors (Lipinski definition) is 1. The fourth-order valence-electron chi connectivity index (χ4n) is 1.99. The molecule has 0 spiro atoms. The van der Waals surface area contributed by atoms with Crippen molar-refractivity contribution in [1.82, 2.24) is 19.9 Å². The van der Waals surface area contributed by atoms with Crippen molar-refractivity contribution in [3.05, 3.63) is 30.7 Å². The molecule has 0 amide bonds. The lowest BCUT2D eigenvalue weighted by molar-refractivity contribution is 0.340. The van der Waals surface area contributed by atoms with E-state index in [1.54, 1.807) is 18.0 Å². The molecule has 5 nitrogen and oxygen atoms in total. The highest BCUT2D eigenvalue weighted by Crippen LogP contribution is 2.32. The summed E-state index contributed by atoms with van der Waals surface area (Å²) >= 11 is 1.68. The first-order chi connectivity index (χ1) is 9.81. The number of aromatic amines is 1. The SMILES string of the molecule is CCOc1cc(SC)ccc1-c1nc2ncncc2[nH]1. The van der Waals surface area contributed by atoms with Gasteiger partial charge >= 0.3 is 0 Å². The van der Waals surface area contributed by atoms with Crippen LogP contribution in [0.3, 0.4) is 0 Å². The summed E-state index contributed by atoms with van der Waals surface area (Å²) < 4.78 is 5.72. The Morgan fingerprint density at radius 3 is 3.00 bits per heavy atom. The Balaban J connectivity index is 2.12. The first-order valence-corrected chi connectivity index (χ1v) is 7.51. The predicted molar refractivity (Wildman–Crippen MR) is 80.1 cm³/mol. The molecule has 0 fully saturated rings. The Bertz CT molecular complexity index is 708. The number of fused-ring (bicyclic) bond motifs is 1. The molecule has 1 aromatic carbocycles. The Morgan fingerprint density at radius 2 is 2.25 bits per heavy atom. The zero-order valence-electron chi connectivity index (χ0n) is 11.3. The summed E-state index contributed by atoms with van der Waals surface area (Å²) in [5.74, 6) is 1.57. The smallest absolute Gasteiger partial charge is 0.181 e. The van der Waals surface area contributed by atoms with E-state index in [2.05, 4.69) is 26.0 Å². The molecule has 0 saturated carbocycles. The summed E-state index contributed by atoms with van der Waals surface area (Å²) in [5, 5.41) is 0. The fraction of sp³-hybridized carbons (Fsp3) is 0.214. The zero-order valence-corrected chi connectivity index (χ0v) is 12.1. The van der Waals surface area contributed by atoms with E-state index in [9.17, 15) is 0 Å². The van der Waals surface area contributed by atoms with Gasteiger partial charge in [0.15, 0.2) is 5.65 Å². The number of thioether (sulfide) groups is 1. The number of benzene rings is 1. The molecule has 0 aliphatic heterocycles. The van der Waals surface area contributed by atoms with Gasteiger partial charge in [-0.3, -0.25) is 0 Å². The zero-order chi connectivity index (χ0) is 13.9. The van der Waals surface area contributed by atoms with Crippen molar-refractivity contribution in [2.75, 3.05) is 12.9 Å². The summed E-state index contributed by atoms with van der Waals surface area (Å²) in [6, 6.07) is 6.10. The molecule has 0 atom stereocenters. The van der Waals surface area contributed by atoms with Gasteiger partial charge < -0.3 is 9.72 Å². The Labute approximate surface area is 120 Å². The molecule has 1 N–H and O–H groups in total. The van der Waals surface area contributed by atoms with Crippen LogP contribution in [-0.4, -0.2) is 32.8 Å². The highest BCUT2D eigenvalue weighted by molar-refractivity contribution is 7.98. The lowest BCUT2D eigenvalue weighted by atomic mass is 10.2. The van der Waals surface area contributed by atoms with Gasteiger partial charge in [-0.2, -0.15) is 0 Å². The first kappa shape index (κ1) is 12.9. The van der Waals surface area contributed by atoms with Gasteiger partial charge in [0, 0.05) is 4.90 Å². The van der Waals surface area contributed by atoms with Crippen LogP contribution >= 0.6 is 11.8 Å². The average Bonchev–Trinajstić information content (AvgIpc) is 2.91. The number of hydrogen-bond acceptors (Lipinski definition) is 5. The molecule has 0 aliphatic rings. The summed E-state index contributed by atoms with van der Waals surface area (Å²) in [6.07, 6.45) is 5.25. The maximum Gasteiger partial charge on any atom is 0.181 e. The van der Waals surface area contributed by atoms with Crippen LogP contribution in [0.15, 0.2) is 35.6 Å². The maximum absolute atomic E-state index is 5.72. The molecular weight excluding hydrogens is 272 g/mol. The number of nitrogens with zero attached hydrogens (tertiary/aromatic N) is 3. The summed E-state index contributed by atoms with van der Waals surface area (Å²) in [7, 11) is 0. The lowest BCUT2D eigenvalue weighted by Gasteiger charge is -2.09. The molecule has 2 heterocycles. The monoisotopic (exact) mass is 286 g/mol. The molecule has 2 aromatic heterocycles. The van der Waals surface area contributed by atoms with Crippen molar-refractivity contribution in [3.63, 3.8) is 0 Å². The van der Waals surface area contributed by atoms with Crippen molar-refractivity contribution in [3.8, 4) is 17.1 Å². The molecule has 0 unspecified atom stereocenters. The summed E-state index contributed by atoms with van der Waals surface area (Å²) in [5.41, 5.74) is 2.41. The van der Waals surface area contributed by atoms with E-state index in [4.69, 9.17) is 4.74 Å². The molecule has 3 aromatic rings. The minimum atomic E-state index is 0.616. The standard InChI is InChI=1S/C14H14N4OS/c1-3-19-12-6-9(20-2)4-5-10(12)13-17-11-7-15-8-16-14(11)18-13/h4-8H,3H2,1-2H3,(H,15,16,17,18). The fourth-order valence-corrected chi connectivity index (χ4v) is 2.42. The maximum atomic E-state index is 5.72. The summed E-state index contributed by atoms with van der Waals surface area (Å²) in [4.78, 5) is 17.0. The van der Waals surface area contributed by atoms with Crippen LogP contribution in [0.2, 0.25) is 0 Å². The molecule has 102 valence electrons.